The number of aliphatic hydroxyl groups is 1. The Hall–Kier alpha value is -1.14. The molecule has 0 aromatic carbocycles. The van der Waals surface area contributed by atoms with Gasteiger partial charge in [0, 0.05) is 19.6 Å². The summed E-state index contributed by atoms with van der Waals surface area (Å²) in [7, 11) is 0. The van der Waals surface area contributed by atoms with E-state index in [-0.39, 0.29) is 5.28 Å². The molecule has 1 aliphatic heterocycles. The summed E-state index contributed by atoms with van der Waals surface area (Å²) in [5, 5.41) is 13.4. The molecule has 1 saturated heterocycles. The fraction of sp³-hybridized carbons (Fsp3) is 0.769. The molecule has 2 N–H and O–H groups in total. The predicted octanol–water partition coefficient (Wildman–Crippen LogP) is 2.09. The van der Waals surface area contributed by atoms with Gasteiger partial charge in [-0.2, -0.15) is 15.0 Å². The van der Waals surface area contributed by atoms with E-state index in [1.54, 1.807) is 6.92 Å². The third-order valence-corrected chi connectivity index (χ3v) is 3.57. The van der Waals surface area contributed by atoms with Gasteiger partial charge in [0.15, 0.2) is 0 Å². The van der Waals surface area contributed by atoms with Gasteiger partial charge >= 0.3 is 0 Å². The summed E-state index contributed by atoms with van der Waals surface area (Å²) in [5.74, 6) is 1.03. The van der Waals surface area contributed by atoms with Crippen molar-refractivity contribution in [3.8, 4) is 0 Å². The fourth-order valence-electron chi connectivity index (χ4n) is 2.37. The molecule has 2 rings (SSSR count). The summed E-state index contributed by atoms with van der Waals surface area (Å²) in [4.78, 5) is 14.7. The van der Waals surface area contributed by atoms with Gasteiger partial charge in [0.05, 0.1) is 5.60 Å². The molecule has 112 valence electrons. The molecule has 20 heavy (non-hydrogen) atoms. The quantitative estimate of drug-likeness (QED) is 0.838. The lowest BCUT2D eigenvalue weighted by Gasteiger charge is -2.23. The van der Waals surface area contributed by atoms with Gasteiger partial charge in [-0.1, -0.05) is 13.3 Å². The SMILES string of the molecule is CCCC(C)(O)CNc1nc(Cl)nc(N2CCCC2)n1. The number of anilines is 2. The lowest BCUT2D eigenvalue weighted by molar-refractivity contribution is 0.0635. The maximum atomic E-state index is 10.1. The molecule has 7 heteroatoms. The van der Waals surface area contributed by atoms with Gasteiger partial charge in [0.25, 0.3) is 0 Å². The van der Waals surface area contributed by atoms with Gasteiger partial charge in [-0.15, -0.1) is 0 Å². The highest BCUT2D eigenvalue weighted by Gasteiger charge is 2.21. The van der Waals surface area contributed by atoms with E-state index in [1.165, 1.54) is 0 Å². The molecule has 0 amide bonds. The van der Waals surface area contributed by atoms with Crippen LogP contribution in [0.15, 0.2) is 0 Å². The predicted molar refractivity (Wildman–Crippen MR) is 80.3 cm³/mol. The van der Waals surface area contributed by atoms with Crippen LogP contribution in [0.5, 0.6) is 0 Å². The zero-order valence-corrected chi connectivity index (χ0v) is 12.8. The van der Waals surface area contributed by atoms with E-state index < -0.39 is 5.60 Å². The van der Waals surface area contributed by atoms with Crippen LogP contribution in [0.25, 0.3) is 0 Å². The Morgan fingerprint density at radius 2 is 2.00 bits per heavy atom. The van der Waals surface area contributed by atoms with Gasteiger partial charge in [-0.3, -0.25) is 0 Å². The average molecular weight is 300 g/mol. The summed E-state index contributed by atoms with van der Waals surface area (Å²) in [6.07, 6.45) is 3.94. The summed E-state index contributed by atoms with van der Waals surface area (Å²) in [6, 6.07) is 0. The highest BCUT2D eigenvalue weighted by Crippen LogP contribution is 2.19. The smallest absolute Gasteiger partial charge is 0.231 e. The summed E-state index contributed by atoms with van der Waals surface area (Å²) in [5.41, 5.74) is -0.776. The van der Waals surface area contributed by atoms with Crippen molar-refractivity contribution in [2.45, 2.75) is 45.1 Å². The van der Waals surface area contributed by atoms with E-state index in [0.29, 0.717) is 18.4 Å². The molecule has 1 aromatic heterocycles. The topological polar surface area (TPSA) is 74.2 Å². The van der Waals surface area contributed by atoms with Crippen LogP contribution in [-0.2, 0) is 0 Å². The Kier molecular flexibility index (Phi) is 4.99. The van der Waals surface area contributed by atoms with Crippen LogP contribution in [-0.4, -0.2) is 45.3 Å². The number of halogens is 1. The van der Waals surface area contributed by atoms with Crippen molar-refractivity contribution < 1.29 is 5.11 Å². The third-order valence-electron chi connectivity index (χ3n) is 3.40. The zero-order chi connectivity index (χ0) is 14.6. The molecule has 1 fully saturated rings. The summed E-state index contributed by atoms with van der Waals surface area (Å²) >= 11 is 5.95. The molecule has 0 saturated carbocycles. The number of aromatic nitrogens is 3. The minimum absolute atomic E-state index is 0.180. The van der Waals surface area contributed by atoms with Crippen LogP contribution >= 0.6 is 11.6 Å². The molecule has 0 bridgehead atoms. The first-order valence-corrected chi connectivity index (χ1v) is 7.51. The van der Waals surface area contributed by atoms with Crippen molar-refractivity contribution in [1.82, 2.24) is 15.0 Å². The van der Waals surface area contributed by atoms with Crippen molar-refractivity contribution in [3.63, 3.8) is 0 Å². The largest absolute Gasteiger partial charge is 0.388 e. The molecule has 2 heterocycles. The van der Waals surface area contributed by atoms with Gasteiger partial charge in [0.1, 0.15) is 0 Å². The van der Waals surface area contributed by atoms with Crippen molar-refractivity contribution >= 4 is 23.5 Å². The maximum absolute atomic E-state index is 10.1. The van der Waals surface area contributed by atoms with E-state index in [9.17, 15) is 5.11 Å². The second-order valence-electron chi connectivity index (χ2n) is 5.52. The monoisotopic (exact) mass is 299 g/mol. The molecule has 6 nitrogen and oxygen atoms in total. The van der Waals surface area contributed by atoms with Crippen molar-refractivity contribution in [2.24, 2.45) is 0 Å². The Balaban J connectivity index is 2.04. The minimum Gasteiger partial charge on any atom is -0.388 e. The first-order valence-electron chi connectivity index (χ1n) is 7.13. The average Bonchev–Trinajstić information content (AvgIpc) is 2.90. The van der Waals surface area contributed by atoms with Crippen LogP contribution in [0.2, 0.25) is 5.28 Å². The summed E-state index contributed by atoms with van der Waals surface area (Å²) in [6.45, 7) is 6.13. The van der Waals surface area contributed by atoms with E-state index >= 15 is 0 Å². The molecule has 0 aliphatic carbocycles. The first-order chi connectivity index (χ1) is 9.50. The zero-order valence-electron chi connectivity index (χ0n) is 12.1. The highest BCUT2D eigenvalue weighted by atomic mass is 35.5. The van der Waals surface area contributed by atoms with Crippen LogP contribution in [0.4, 0.5) is 11.9 Å². The van der Waals surface area contributed by atoms with E-state index in [2.05, 4.69) is 25.2 Å². The van der Waals surface area contributed by atoms with Crippen molar-refractivity contribution in [2.75, 3.05) is 29.9 Å². The molecular weight excluding hydrogens is 278 g/mol. The van der Waals surface area contributed by atoms with Crippen molar-refractivity contribution in [1.29, 1.82) is 0 Å². The lowest BCUT2D eigenvalue weighted by Crippen LogP contribution is -2.33. The molecule has 0 spiro atoms. The van der Waals surface area contributed by atoms with Crippen LogP contribution in [0, 0.1) is 0 Å². The van der Waals surface area contributed by atoms with Gasteiger partial charge in [-0.25, -0.2) is 0 Å². The second-order valence-corrected chi connectivity index (χ2v) is 5.86. The molecule has 1 unspecified atom stereocenters. The standard InChI is InChI=1S/C13H22ClN5O/c1-3-6-13(2,20)9-15-11-16-10(14)17-12(18-11)19-7-4-5-8-19/h20H,3-9H2,1-2H3,(H,15,16,17,18). The second kappa shape index (κ2) is 6.54. The number of hydrogen-bond donors (Lipinski definition) is 2. The van der Waals surface area contributed by atoms with E-state index in [4.69, 9.17) is 11.6 Å². The normalized spacial score (nSPS) is 18.1. The van der Waals surface area contributed by atoms with E-state index in [1.807, 2.05) is 6.92 Å². The molecular formula is C13H22ClN5O. The number of hydrogen-bond acceptors (Lipinski definition) is 6. The Labute approximate surface area is 124 Å². The number of rotatable bonds is 6. The maximum Gasteiger partial charge on any atom is 0.231 e. The summed E-state index contributed by atoms with van der Waals surface area (Å²) < 4.78 is 0. The van der Waals surface area contributed by atoms with E-state index in [0.717, 1.165) is 38.8 Å². The van der Waals surface area contributed by atoms with Crippen molar-refractivity contribution in [3.05, 3.63) is 5.28 Å². The number of nitrogens with one attached hydrogen (secondary N) is 1. The fourth-order valence-corrected chi connectivity index (χ4v) is 2.53. The third kappa shape index (κ3) is 4.18. The van der Waals surface area contributed by atoms with Gasteiger partial charge < -0.3 is 15.3 Å². The lowest BCUT2D eigenvalue weighted by atomic mass is 10.0. The number of nitrogens with zero attached hydrogens (tertiary/aromatic N) is 4. The molecule has 1 aliphatic rings. The van der Waals surface area contributed by atoms with Gasteiger partial charge in [-0.05, 0) is 37.8 Å². The van der Waals surface area contributed by atoms with Crippen LogP contribution in [0.3, 0.4) is 0 Å². The molecule has 1 atom stereocenters. The minimum atomic E-state index is -0.776. The Bertz CT molecular complexity index is 448. The molecule has 0 radical (unpaired) electrons. The van der Waals surface area contributed by atoms with Crippen LogP contribution < -0.4 is 10.2 Å². The molecule has 1 aromatic rings. The Morgan fingerprint density at radius 1 is 1.30 bits per heavy atom. The first kappa shape index (κ1) is 15.3. The Morgan fingerprint density at radius 3 is 2.65 bits per heavy atom. The van der Waals surface area contributed by atoms with Gasteiger partial charge in [0.2, 0.25) is 17.2 Å². The van der Waals surface area contributed by atoms with Crippen LogP contribution in [0.1, 0.15) is 39.5 Å². The highest BCUT2D eigenvalue weighted by molar-refractivity contribution is 6.28.